The first-order valence-electron chi connectivity index (χ1n) is 8.21. The third-order valence-electron chi connectivity index (χ3n) is 4.40. The Morgan fingerprint density at radius 2 is 2.04 bits per heavy atom. The number of pyridine rings is 1. The topological polar surface area (TPSA) is 72.4 Å². The summed E-state index contributed by atoms with van der Waals surface area (Å²) in [5.41, 5.74) is 4.60. The number of anilines is 1. The number of nitrogens with one attached hydrogen (secondary N) is 1. The van der Waals surface area contributed by atoms with Gasteiger partial charge in [-0.15, -0.1) is 0 Å². The van der Waals surface area contributed by atoms with Crippen molar-refractivity contribution in [2.24, 2.45) is 0 Å². The van der Waals surface area contributed by atoms with Crippen LogP contribution >= 0.6 is 0 Å². The lowest BCUT2D eigenvalue weighted by atomic mass is 10.0. The van der Waals surface area contributed by atoms with Crippen LogP contribution in [0.25, 0.3) is 22.2 Å². The molecular weight excluding hydrogens is 314 g/mol. The summed E-state index contributed by atoms with van der Waals surface area (Å²) in [6.07, 6.45) is 6.48. The normalized spacial score (nSPS) is 15.8. The highest BCUT2D eigenvalue weighted by atomic mass is 16.3. The molecule has 1 aromatic carbocycles. The molecule has 5 heteroatoms. The van der Waals surface area contributed by atoms with Gasteiger partial charge in [0, 0.05) is 34.7 Å². The highest BCUT2D eigenvalue weighted by Crippen LogP contribution is 2.30. The van der Waals surface area contributed by atoms with Gasteiger partial charge >= 0.3 is 0 Å². The van der Waals surface area contributed by atoms with Crippen LogP contribution in [-0.4, -0.2) is 32.8 Å². The van der Waals surface area contributed by atoms with Gasteiger partial charge in [-0.05, 0) is 48.9 Å². The van der Waals surface area contributed by atoms with Crippen molar-refractivity contribution < 1.29 is 10.2 Å². The van der Waals surface area contributed by atoms with E-state index >= 15 is 0 Å². The van der Waals surface area contributed by atoms with Crippen LogP contribution < -0.4 is 4.90 Å². The lowest BCUT2D eigenvalue weighted by Gasteiger charge is -2.31. The molecule has 1 atom stereocenters. The van der Waals surface area contributed by atoms with Crippen molar-refractivity contribution >= 4 is 16.7 Å². The number of aliphatic hydroxyl groups excluding tert-OH is 2. The fraction of sp³-hybridized carbons (Fsp3) is 0.150. The lowest BCUT2D eigenvalue weighted by molar-refractivity contribution is 0.226. The largest absolute Gasteiger partial charge is 0.510 e. The molecule has 1 unspecified atom stereocenters. The highest BCUT2D eigenvalue weighted by Gasteiger charge is 2.20. The Morgan fingerprint density at radius 1 is 1.16 bits per heavy atom. The van der Waals surface area contributed by atoms with Crippen LogP contribution in [0.15, 0.2) is 72.4 Å². The molecule has 3 heterocycles. The van der Waals surface area contributed by atoms with E-state index < -0.39 is 6.10 Å². The quantitative estimate of drug-likeness (QED) is 0.682. The first kappa shape index (κ1) is 15.5. The number of H-pyrrole nitrogens is 1. The van der Waals surface area contributed by atoms with Crippen LogP contribution in [-0.2, 0) is 0 Å². The van der Waals surface area contributed by atoms with Crippen molar-refractivity contribution in [1.29, 1.82) is 0 Å². The van der Waals surface area contributed by atoms with E-state index in [1.807, 2.05) is 47.6 Å². The number of nitrogens with zero attached hydrogens (tertiary/aromatic N) is 2. The number of hydrogen-bond acceptors (Lipinski definition) is 4. The minimum absolute atomic E-state index is 0.269. The lowest BCUT2D eigenvalue weighted by Crippen LogP contribution is -2.32. The second-order valence-corrected chi connectivity index (χ2v) is 6.20. The second kappa shape index (κ2) is 6.11. The van der Waals surface area contributed by atoms with Gasteiger partial charge in [-0.3, -0.25) is 0 Å². The molecule has 4 rings (SSSR count). The van der Waals surface area contributed by atoms with Crippen molar-refractivity contribution in [3.63, 3.8) is 0 Å². The molecule has 0 saturated carbocycles. The van der Waals surface area contributed by atoms with E-state index in [9.17, 15) is 10.2 Å². The maximum Gasteiger partial charge on any atom is 0.137 e. The SMILES string of the molecule is CC(O)C1=CC=C(O)CN1c1cccc(-c2cnc3[nH]ccc3c2)c1. The van der Waals surface area contributed by atoms with Gasteiger partial charge in [0.2, 0.25) is 0 Å². The number of rotatable bonds is 3. The van der Waals surface area contributed by atoms with E-state index in [1.165, 1.54) is 0 Å². The summed E-state index contributed by atoms with van der Waals surface area (Å²) >= 11 is 0. The Kier molecular flexibility index (Phi) is 3.78. The van der Waals surface area contributed by atoms with Gasteiger partial charge in [0.1, 0.15) is 11.4 Å². The summed E-state index contributed by atoms with van der Waals surface area (Å²) in [6.45, 7) is 2.07. The molecule has 0 fully saturated rings. The van der Waals surface area contributed by atoms with E-state index in [0.29, 0.717) is 6.54 Å². The first-order chi connectivity index (χ1) is 12.1. The Balaban J connectivity index is 1.74. The van der Waals surface area contributed by atoms with Gasteiger partial charge in [0.05, 0.1) is 12.6 Å². The molecule has 1 aliphatic heterocycles. The molecule has 3 aromatic rings. The minimum atomic E-state index is -0.620. The van der Waals surface area contributed by atoms with E-state index in [-0.39, 0.29) is 5.76 Å². The Labute approximate surface area is 145 Å². The van der Waals surface area contributed by atoms with Gasteiger partial charge in [-0.25, -0.2) is 4.98 Å². The summed E-state index contributed by atoms with van der Waals surface area (Å²) in [5.74, 6) is 0.269. The Bertz CT molecular complexity index is 985. The number of benzene rings is 1. The van der Waals surface area contributed by atoms with E-state index in [4.69, 9.17) is 0 Å². The molecule has 0 aliphatic carbocycles. The van der Waals surface area contributed by atoms with Gasteiger partial charge in [-0.2, -0.15) is 0 Å². The summed E-state index contributed by atoms with van der Waals surface area (Å²) in [4.78, 5) is 9.46. The monoisotopic (exact) mass is 333 g/mol. The van der Waals surface area contributed by atoms with E-state index in [0.717, 1.165) is 33.5 Å². The van der Waals surface area contributed by atoms with Crippen molar-refractivity contribution in [2.75, 3.05) is 11.4 Å². The van der Waals surface area contributed by atoms with Crippen LogP contribution in [0.1, 0.15) is 6.92 Å². The number of hydrogen-bond donors (Lipinski definition) is 3. The minimum Gasteiger partial charge on any atom is -0.510 e. The van der Waals surface area contributed by atoms with Crippen molar-refractivity contribution in [1.82, 2.24) is 9.97 Å². The van der Waals surface area contributed by atoms with Crippen LogP contribution in [0.3, 0.4) is 0 Å². The molecule has 0 radical (unpaired) electrons. The summed E-state index contributed by atoms with van der Waals surface area (Å²) < 4.78 is 0. The van der Waals surface area contributed by atoms with Gasteiger partial charge < -0.3 is 20.1 Å². The molecule has 0 spiro atoms. The van der Waals surface area contributed by atoms with Crippen molar-refractivity contribution in [3.05, 3.63) is 72.4 Å². The van der Waals surface area contributed by atoms with E-state index in [2.05, 4.69) is 16.0 Å². The van der Waals surface area contributed by atoms with Crippen LogP contribution in [0.5, 0.6) is 0 Å². The predicted molar refractivity (Wildman–Crippen MR) is 99.4 cm³/mol. The number of fused-ring (bicyclic) bond motifs is 1. The Morgan fingerprint density at radius 3 is 2.88 bits per heavy atom. The molecular formula is C20H19N3O2. The molecule has 126 valence electrons. The zero-order valence-corrected chi connectivity index (χ0v) is 13.8. The summed E-state index contributed by atoms with van der Waals surface area (Å²) in [5, 5.41) is 21.0. The van der Waals surface area contributed by atoms with Gasteiger partial charge in [-0.1, -0.05) is 12.1 Å². The molecule has 1 aliphatic rings. The predicted octanol–water partition coefficient (Wildman–Crippen LogP) is 3.76. The number of aromatic amines is 1. The third-order valence-corrected chi connectivity index (χ3v) is 4.40. The number of aromatic nitrogens is 2. The van der Waals surface area contributed by atoms with Crippen molar-refractivity contribution in [3.8, 4) is 11.1 Å². The zero-order valence-electron chi connectivity index (χ0n) is 13.8. The van der Waals surface area contributed by atoms with Crippen LogP contribution in [0.4, 0.5) is 5.69 Å². The summed E-state index contributed by atoms with van der Waals surface area (Å²) in [6, 6.07) is 12.1. The third kappa shape index (κ3) is 2.90. The highest BCUT2D eigenvalue weighted by molar-refractivity contribution is 5.82. The average Bonchev–Trinajstić information content (AvgIpc) is 3.09. The molecule has 25 heavy (non-hydrogen) atoms. The Hall–Kier alpha value is -3.05. The maximum atomic E-state index is 10.0. The zero-order chi connectivity index (χ0) is 17.4. The maximum absolute atomic E-state index is 10.0. The molecule has 3 N–H and O–H groups in total. The van der Waals surface area contributed by atoms with E-state index in [1.54, 1.807) is 19.1 Å². The second-order valence-electron chi connectivity index (χ2n) is 6.20. The average molecular weight is 333 g/mol. The molecule has 2 aromatic heterocycles. The standard InChI is InChI=1S/C20H19N3O2/c1-13(24)19-6-5-18(25)12-23(19)17-4-2-3-14(10-17)16-9-15-7-8-21-20(15)22-11-16/h2-11,13,24-25H,12H2,1H3,(H,21,22). The van der Waals surface area contributed by atoms with Crippen LogP contribution in [0.2, 0.25) is 0 Å². The first-order valence-corrected chi connectivity index (χ1v) is 8.21. The molecule has 5 nitrogen and oxygen atoms in total. The molecule has 0 bridgehead atoms. The fourth-order valence-electron chi connectivity index (χ4n) is 3.13. The number of aliphatic hydroxyl groups is 2. The van der Waals surface area contributed by atoms with Crippen LogP contribution in [0, 0.1) is 0 Å². The molecule has 0 saturated heterocycles. The van der Waals surface area contributed by atoms with Gasteiger partial charge in [0.25, 0.3) is 0 Å². The summed E-state index contributed by atoms with van der Waals surface area (Å²) in [7, 11) is 0. The number of allylic oxidation sites excluding steroid dienone is 2. The molecule has 0 amide bonds. The van der Waals surface area contributed by atoms with Gasteiger partial charge in [0.15, 0.2) is 0 Å². The fourth-order valence-corrected chi connectivity index (χ4v) is 3.13. The van der Waals surface area contributed by atoms with Crippen molar-refractivity contribution in [2.45, 2.75) is 13.0 Å². The smallest absolute Gasteiger partial charge is 0.137 e.